The number of esters is 2. The second kappa shape index (κ2) is 17.5. The minimum atomic E-state index is -0.297. The lowest BCUT2D eigenvalue weighted by Gasteiger charge is -2.09. The largest absolute Gasteiger partial charge is 0.494 e. The average Bonchev–Trinajstić information content (AvgIpc) is 3.06. The van der Waals surface area contributed by atoms with Crippen LogP contribution in [0.25, 0.3) is 22.3 Å². The molecule has 6 heteroatoms. The lowest BCUT2D eigenvalue weighted by atomic mass is 10.0. The van der Waals surface area contributed by atoms with E-state index in [1.807, 2.05) is 72.8 Å². The maximum atomic E-state index is 11.8. The summed E-state index contributed by atoms with van der Waals surface area (Å²) < 4.78 is 21.9. The predicted molar refractivity (Wildman–Crippen MR) is 174 cm³/mol. The molecule has 0 unspecified atom stereocenters. The first kappa shape index (κ1) is 32.3. The van der Waals surface area contributed by atoms with E-state index in [0.717, 1.165) is 59.4 Å². The molecule has 0 fully saturated rings. The van der Waals surface area contributed by atoms with E-state index in [2.05, 4.69) is 0 Å². The molecule has 0 saturated heterocycles. The molecule has 4 aromatic carbocycles. The van der Waals surface area contributed by atoms with Gasteiger partial charge in [-0.1, -0.05) is 74.2 Å². The Kier molecular flexibility index (Phi) is 12.9. The van der Waals surface area contributed by atoms with Crippen molar-refractivity contribution in [3.8, 4) is 33.8 Å². The summed E-state index contributed by atoms with van der Waals surface area (Å²) in [5, 5.41) is 0. The molecule has 0 aromatic heterocycles. The van der Waals surface area contributed by atoms with Gasteiger partial charge in [-0.3, -0.25) is 0 Å². The van der Waals surface area contributed by atoms with Gasteiger partial charge in [-0.15, -0.1) is 0 Å². The summed E-state index contributed by atoms with van der Waals surface area (Å²) in [4.78, 5) is 23.7. The summed E-state index contributed by atoms with van der Waals surface area (Å²) in [6.07, 6.45) is 6.74. The van der Waals surface area contributed by atoms with Gasteiger partial charge >= 0.3 is 11.9 Å². The van der Waals surface area contributed by atoms with Gasteiger partial charge in [0.1, 0.15) is 11.5 Å². The third-order valence-corrected chi connectivity index (χ3v) is 7.24. The molecular formula is C38H42O6. The zero-order valence-electron chi connectivity index (χ0n) is 25.8. The van der Waals surface area contributed by atoms with Crippen LogP contribution in [0, 0.1) is 0 Å². The zero-order valence-corrected chi connectivity index (χ0v) is 25.8. The number of hydrogen-bond acceptors (Lipinski definition) is 6. The van der Waals surface area contributed by atoms with Crippen LogP contribution in [0.2, 0.25) is 0 Å². The molecule has 0 atom stereocenters. The van der Waals surface area contributed by atoms with Gasteiger partial charge in [0, 0.05) is 0 Å². The maximum absolute atomic E-state index is 11.8. The molecule has 0 aliphatic rings. The van der Waals surface area contributed by atoms with E-state index in [9.17, 15) is 9.59 Å². The maximum Gasteiger partial charge on any atom is 0.338 e. The fraction of sp³-hybridized carbons (Fsp3) is 0.316. The molecular weight excluding hydrogens is 552 g/mol. The van der Waals surface area contributed by atoms with Crippen LogP contribution in [-0.4, -0.2) is 38.4 Å². The normalized spacial score (nSPS) is 10.7. The highest BCUT2D eigenvalue weighted by molar-refractivity contribution is 5.90. The van der Waals surface area contributed by atoms with E-state index in [-0.39, 0.29) is 11.9 Å². The highest BCUT2D eigenvalue weighted by Crippen LogP contribution is 2.25. The lowest BCUT2D eigenvalue weighted by Crippen LogP contribution is -2.03. The second-order valence-corrected chi connectivity index (χ2v) is 10.5. The van der Waals surface area contributed by atoms with Crippen molar-refractivity contribution in [3.63, 3.8) is 0 Å². The smallest absolute Gasteiger partial charge is 0.338 e. The Hall–Kier alpha value is -4.58. The average molecular weight is 595 g/mol. The molecule has 4 rings (SSSR count). The summed E-state index contributed by atoms with van der Waals surface area (Å²) in [6.45, 7) is 5.77. The molecule has 6 nitrogen and oxygen atoms in total. The standard InChI is InChI=1S/C38H42O6/c1-3-41-37(39)33-15-11-29(12-16-33)31-19-23-35(24-20-31)43-27-9-7-5-6-8-10-28-44-36-25-21-32(22-26-36)30-13-17-34(18-14-30)38(40)42-4-2/h11-26H,3-10,27-28H2,1-2H3. The van der Waals surface area contributed by atoms with Crippen LogP contribution in [-0.2, 0) is 9.47 Å². The molecule has 4 aromatic rings. The third-order valence-electron chi connectivity index (χ3n) is 7.24. The van der Waals surface area contributed by atoms with Gasteiger partial charge < -0.3 is 18.9 Å². The van der Waals surface area contributed by atoms with Crippen molar-refractivity contribution in [2.75, 3.05) is 26.4 Å². The Labute approximate surface area is 260 Å². The zero-order chi connectivity index (χ0) is 31.0. The van der Waals surface area contributed by atoms with Gasteiger partial charge in [0.2, 0.25) is 0 Å². The number of carbonyl (C=O) groups excluding carboxylic acids is 2. The monoisotopic (exact) mass is 594 g/mol. The van der Waals surface area contributed by atoms with Gasteiger partial charge in [0.25, 0.3) is 0 Å². The van der Waals surface area contributed by atoms with E-state index in [0.29, 0.717) is 37.6 Å². The van der Waals surface area contributed by atoms with E-state index in [1.165, 1.54) is 12.8 Å². The van der Waals surface area contributed by atoms with Crippen molar-refractivity contribution in [2.24, 2.45) is 0 Å². The molecule has 0 spiro atoms. The van der Waals surface area contributed by atoms with Crippen LogP contribution in [0.15, 0.2) is 97.1 Å². The number of carbonyl (C=O) groups is 2. The van der Waals surface area contributed by atoms with Crippen LogP contribution >= 0.6 is 0 Å². The molecule has 0 saturated carbocycles. The summed E-state index contributed by atoms with van der Waals surface area (Å²) in [6, 6.07) is 31.0. The SMILES string of the molecule is CCOC(=O)c1ccc(-c2ccc(OCCCCCCCCOc3ccc(-c4ccc(C(=O)OCC)cc4)cc3)cc2)cc1. The number of hydrogen-bond donors (Lipinski definition) is 0. The Balaban J connectivity index is 1.04. The number of rotatable bonds is 17. The Bertz CT molecular complexity index is 1310. The Morgan fingerprint density at radius 2 is 0.727 bits per heavy atom. The lowest BCUT2D eigenvalue weighted by molar-refractivity contribution is 0.0517. The summed E-state index contributed by atoms with van der Waals surface area (Å²) in [7, 11) is 0. The number of unbranched alkanes of at least 4 members (excludes halogenated alkanes) is 5. The first-order valence-corrected chi connectivity index (χ1v) is 15.6. The van der Waals surface area contributed by atoms with Crippen molar-refractivity contribution in [1.82, 2.24) is 0 Å². The molecule has 0 aliphatic carbocycles. The summed E-state index contributed by atoms with van der Waals surface area (Å²) >= 11 is 0. The van der Waals surface area contributed by atoms with Crippen LogP contribution in [0.1, 0.15) is 73.1 Å². The second-order valence-electron chi connectivity index (χ2n) is 10.5. The molecule has 230 valence electrons. The Morgan fingerprint density at radius 3 is 1.05 bits per heavy atom. The fourth-order valence-electron chi connectivity index (χ4n) is 4.80. The minimum absolute atomic E-state index is 0.297. The van der Waals surface area contributed by atoms with E-state index in [4.69, 9.17) is 18.9 Å². The first-order chi connectivity index (χ1) is 21.6. The molecule has 0 heterocycles. The fourth-order valence-corrected chi connectivity index (χ4v) is 4.80. The molecule has 44 heavy (non-hydrogen) atoms. The van der Waals surface area contributed by atoms with Crippen LogP contribution in [0.4, 0.5) is 0 Å². The number of benzene rings is 4. The van der Waals surface area contributed by atoms with Crippen LogP contribution in [0.3, 0.4) is 0 Å². The van der Waals surface area contributed by atoms with Crippen molar-refractivity contribution < 1.29 is 28.5 Å². The highest BCUT2D eigenvalue weighted by atomic mass is 16.5. The van der Waals surface area contributed by atoms with Crippen molar-refractivity contribution >= 4 is 11.9 Å². The summed E-state index contributed by atoms with van der Waals surface area (Å²) in [5.74, 6) is 1.14. The number of ether oxygens (including phenoxy) is 4. The minimum Gasteiger partial charge on any atom is -0.494 e. The van der Waals surface area contributed by atoms with Gasteiger partial charge in [0.05, 0.1) is 37.6 Å². The summed E-state index contributed by atoms with van der Waals surface area (Å²) in [5.41, 5.74) is 5.36. The predicted octanol–water partition coefficient (Wildman–Crippen LogP) is 9.17. The van der Waals surface area contributed by atoms with Crippen molar-refractivity contribution in [3.05, 3.63) is 108 Å². The molecule has 0 aliphatic heterocycles. The molecule has 0 radical (unpaired) electrons. The third kappa shape index (κ3) is 10.0. The Morgan fingerprint density at radius 1 is 0.432 bits per heavy atom. The van der Waals surface area contributed by atoms with Gasteiger partial charge in [0.15, 0.2) is 0 Å². The molecule has 0 bridgehead atoms. The van der Waals surface area contributed by atoms with Gasteiger partial charge in [-0.2, -0.15) is 0 Å². The van der Waals surface area contributed by atoms with Gasteiger partial charge in [-0.25, -0.2) is 9.59 Å². The van der Waals surface area contributed by atoms with Crippen molar-refractivity contribution in [1.29, 1.82) is 0 Å². The van der Waals surface area contributed by atoms with Crippen LogP contribution in [0.5, 0.6) is 11.5 Å². The van der Waals surface area contributed by atoms with E-state index < -0.39 is 0 Å². The van der Waals surface area contributed by atoms with E-state index in [1.54, 1.807) is 38.1 Å². The van der Waals surface area contributed by atoms with Gasteiger partial charge in [-0.05, 0) is 97.5 Å². The van der Waals surface area contributed by atoms with Crippen LogP contribution < -0.4 is 9.47 Å². The highest BCUT2D eigenvalue weighted by Gasteiger charge is 2.08. The molecule has 0 amide bonds. The van der Waals surface area contributed by atoms with Crippen molar-refractivity contribution in [2.45, 2.75) is 52.4 Å². The first-order valence-electron chi connectivity index (χ1n) is 15.6. The van der Waals surface area contributed by atoms with E-state index >= 15 is 0 Å². The topological polar surface area (TPSA) is 71.1 Å². The quantitative estimate of drug-likeness (QED) is 0.0897. The molecule has 0 N–H and O–H groups in total.